The van der Waals surface area contributed by atoms with Crippen LogP contribution in [0.4, 0.5) is 0 Å². The number of carbonyl (C=O) groups is 2. The molecule has 0 bridgehead atoms. The van der Waals surface area contributed by atoms with E-state index in [1.807, 2.05) is 25.1 Å². The molecule has 33 heavy (non-hydrogen) atoms. The summed E-state index contributed by atoms with van der Waals surface area (Å²) in [6.45, 7) is 2.44. The Kier molecular flexibility index (Phi) is 5.79. The summed E-state index contributed by atoms with van der Waals surface area (Å²) in [5.41, 5.74) is 1.88. The minimum Gasteiger partial charge on any atom is -0.504 e. The first-order valence-corrected chi connectivity index (χ1v) is 11.8. The number of hydrogen-bond donors (Lipinski definition) is 1. The van der Waals surface area contributed by atoms with Crippen molar-refractivity contribution < 1.29 is 24.2 Å². The van der Waals surface area contributed by atoms with Gasteiger partial charge in [0.15, 0.2) is 23.0 Å². The Morgan fingerprint density at radius 2 is 1.94 bits per heavy atom. The Morgan fingerprint density at radius 1 is 1.15 bits per heavy atom. The number of ketones is 1. The predicted molar refractivity (Wildman–Crippen MR) is 123 cm³/mol. The van der Waals surface area contributed by atoms with Crippen LogP contribution in [0.15, 0.2) is 53.8 Å². The zero-order valence-corrected chi connectivity index (χ0v) is 19.2. The van der Waals surface area contributed by atoms with Crippen LogP contribution in [0.25, 0.3) is 0 Å². The molecule has 1 saturated carbocycles. The van der Waals surface area contributed by atoms with E-state index < -0.39 is 6.04 Å². The number of phenols is 1. The first-order chi connectivity index (χ1) is 16.0. The molecular weight excluding hydrogens is 442 g/mol. The van der Waals surface area contributed by atoms with E-state index in [0.717, 1.165) is 31.2 Å². The second-order valence-corrected chi connectivity index (χ2v) is 9.15. The van der Waals surface area contributed by atoms with Crippen LogP contribution in [0.2, 0.25) is 5.02 Å². The summed E-state index contributed by atoms with van der Waals surface area (Å²) in [6.07, 6.45) is 3.28. The molecule has 0 spiro atoms. The molecular formula is C26H26ClNO5. The number of halogens is 1. The SMILES string of the molecule is CCOc1cc(C2C3=C(OC4CCCCC4C3=O)C(=O)N2Cc2ccccc2Cl)ccc1O. The Balaban J connectivity index is 1.61. The summed E-state index contributed by atoms with van der Waals surface area (Å²) in [6, 6.07) is 11.7. The van der Waals surface area contributed by atoms with Crippen LogP contribution >= 0.6 is 11.6 Å². The predicted octanol–water partition coefficient (Wildman–Crippen LogP) is 4.94. The number of phenolic OH excluding ortho intramolecular Hbond substituents is 1. The number of Topliss-reactive ketones (excluding diaryl/α,β-unsaturated/α-hetero) is 1. The molecule has 1 N–H and O–H groups in total. The maximum Gasteiger partial charge on any atom is 0.290 e. The molecule has 6 nitrogen and oxygen atoms in total. The van der Waals surface area contributed by atoms with Crippen molar-refractivity contribution in [3.63, 3.8) is 0 Å². The standard InChI is InChI=1S/C26H26ClNO5/c1-2-32-21-13-15(11-12-19(21)29)23-22-24(30)17-8-4-6-10-20(17)33-25(22)26(31)28(23)14-16-7-3-5-9-18(16)27/h3,5,7,9,11-13,17,20,23,29H,2,4,6,8,10,14H2,1H3. The van der Waals surface area contributed by atoms with Crippen LogP contribution in [-0.2, 0) is 20.9 Å². The van der Waals surface area contributed by atoms with Gasteiger partial charge in [-0.25, -0.2) is 0 Å². The molecule has 2 heterocycles. The molecule has 2 aromatic carbocycles. The molecule has 5 rings (SSSR count). The first-order valence-electron chi connectivity index (χ1n) is 11.4. The van der Waals surface area contributed by atoms with Crippen molar-refractivity contribution in [3.05, 3.63) is 69.9 Å². The average Bonchev–Trinajstić information content (AvgIpc) is 3.09. The number of carbonyl (C=O) groups excluding carboxylic acids is 2. The maximum absolute atomic E-state index is 13.7. The van der Waals surface area contributed by atoms with Gasteiger partial charge in [0.25, 0.3) is 5.91 Å². The molecule has 1 fully saturated rings. The molecule has 2 aromatic rings. The Hall–Kier alpha value is -2.99. The molecule has 2 aliphatic heterocycles. The van der Waals surface area contributed by atoms with Gasteiger partial charge in [0.2, 0.25) is 0 Å². The molecule has 3 unspecified atom stereocenters. The number of hydrogen-bond acceptors (Lipinski definition) is 5. The summed E-state index contributed by atoms with van der Waals surface area (Å²) in [7, 11) is 0. The van der Waals surface area contributed by atoms with E-state index in [-0.39, 0.29) is 41.8 Å². The lowest BCUT2D eigenvalue weighted by Crippen LogP contribution is -2.39. The zero-order chi connectivity index (χ0) is 23.1. The summed E-state index contributed by atoms with van der Waals surface area (Å²) in [5, 5.41) is 10.8. The second-order valence-electron chi connectivity index (χ2n) is 8.74. The van der Waals surface area contributed by atoms with Gasteiger partial charge in [-0.1, -0.05) is 42.3 Å². The van der Waals surface area contributed by atoms with Crippen LogP contribution in [0.3, 0.4) is 0 Å². The molecule has 3 atom stereocenters. The molecule has 1 amide bonds. The van der Waals surface area contributed by atoms with E-state index in [0.29, 0.717) is 28.5 Å². The second kappa shape index (κ2) is 8.75. The highest BCUT2D eigenvalue weighted by Crippen LogP contribution is 2.48. The van der Waals surface area contributed by atoms with Gasteiger partial charge in [0, 0.05) is 11.6 Å². The van der Waals surface area contributed by atoms with Gasteiger partial charge in [0.1, 0.15) is 6.10 Å². The topological polar surface area (TPSA) is 76.1 Å². The molecule has 1 aliphatic carbocycles. The molecule has 3 aliphatic rings. The number of ether oxygens (including phenoxy) is 2. The summed E-state index contributed by atoms with van der Waals surface area (Å²) >= 11 is 6.41. The van der Waals surface area contributed by atoms with Crippen LogP contribution in [-0.4, -0.2) is 34.4 Å². The van der Waals surface area contributed by atoms with E-state index in [1.165, 1.54) is 6.07 Å². The lowest BCUT2D eigenvalue weighted by molar-refractivity contribution is -0.135. The lowest BCUT2D eigenvalue weighted by Gasteiger charge is -2.35. The fraction of sp³-hybridized carbons (Fsp3) is 0.385. The van der Waals surface area contributed by atoms with Gasteiger partial charge in [-0.3, -0.25) is 9.59 Å². The van der Waals surface area contributed by atoms with Gasteiger partial charge in [-0.2, -0.15) is 0 Å². The fourth-order valence-electron chi connectivity index (χ4n) is 5.18. The Labute approximate surface area is 197 Å². The molecule has 0 radical (unpaired) electrons. The average molecular weight is 468 g/mol. The first kappa shape index (κ1) is 21.8. The van der Waals surface area contributed by atoms with Crippen LogP contribution in [0, 0.1) is 5.92 Å². The minimum absolute atomic E-state index is 0.00741. The molecule has 0 aromatic heterocycles. The Bertz CT molecular complexity index is 1140. The smallest absolute Gasteiger partial charge is 0.290 e. The van der Waals surface area contributed by atoms with Gasteiger partial charge in [0.05, 0.1) is 24.1 Å². The van der Waals surface area contributed by atoms with Gasteiger partial charge in [-0.15, -0.1) is 0 Å². The molecule has 172 valence electrons. The third kappa shape index (κ3) is 3.76. The number of aromatic hydroxyl groups is 1. The van der Waals surface area contributed by atoms with Crippen LogP contribution in [0.1, 0.15) is 49.8 Å². The number of fused-ring (bicyclic) bond motifs is 1. The van der Waals surface area contributed by atoms with Crippen LogP contribution < -0.4 is 4.74 Å². The number of benzene rings is 2. The van der Waals surface area contributed by atoms with Crippen molar-refractivity contribution in [1.29, 1.82) is 0 Å². The highest BCUT2D eigenvalue weighted by atomic mass is 35.5. The lowest BCUT2D eigenvalue weighted by atomic mass is 9.77. The van der Waals surface area contributed by atoms with Crippen molar-refractivity contribution in [1.82, 2.24) is 4.90 Å². The number of nitrogens with zero attached hydrogens (tertiary/aromatic N) is 1. The largest absolute Gasteiger partial charge is 0.504 e. The van der Waals surface area contributed by atoms with Crippen molar-refractivity contribution in [2.75, 3.05) is 6.61 Å². The summed E-state index contributed by atoms with van der Waals surface area (Å²) < 4.78 is 11.8. The van der Waals surface area contributed by atoms with Crippen molar-refractivity contribution in [3.8, 4) is 11.5 Å². The van der Waals surface area contributed by atoms with E-state index >= 15 is 0 Å². The third-order valence-electron chi connectivity index (χ3n) is 6.76. The normalized spacial score (nSPS) is 24.4. The zero-order valence-electron chi connectivity index (χ0n) is 18.4. The number of rotatable bonds is 5. The summed E-state index contributed by atoms with van der Waals surface area (Å²) in [4.78, 5) is 28.9. The van der Waals surface area contributed by atoms with Crippen molar-refractivity contribution >= 4 is 23.3 Å². The van der Waals surface area contributed by atoms with Gasteiger partial charge >= 0.3 is 0 Å². The highest BCUT2D eigenvalue weighted by molar-refractivity contribution is 6.31. The van der Waals surface area contributed by atoms with E-state index in [1.54, 1.807) is 23.1 Å². The van der Waals surface area contributed by atoms with Crippen molar-refractivity contribution in [2.24, 2.45) is 5.92 Å². The Morgan fingerprint density at radius 3 is 2.73 bits per heavy atom. The fourth-order valence-corrected chi connectivity index (χ4v) is 5.38. The van der Waals surface area contributed by atoms with Crippen molar-refractivity contribution in [2.45, 2.75) is 51.3 Å². The minimum atomic E-state index is -0.640. The van der Waals surface area contributed by atoms with Crippen LogP contribution in [0.5, 0.6) is 11.5 Å². The quantitative estimate of drug-likeness (QED) is 0.674. The van der Waals surface area contributed by atoms with Gasteiger partial charge < -0.3 is 19.5 Å². The monoisotopic (exact) mass is 467 g/mol. The van der Waals surface area contributed by atoms with Gasteiger partial charge in [-0.05, 0) is 55.5 Å². The number of amides is 1. The third-order valence-corrected chi connectivity index (χ3v) is 7.13. The molecule has 7 heteroatoms. The van der Waals surface area contributed by atoms with E-state index in [2.05, 4.69) is 0 Å². The maximum atomic E-state index is 13.7. The summed E-state index contributed by atoms with van der Waals surface area (Å²) in [5.74, 6) is -0.0580. The highest BCUT2D eigenvalue weighted by Gasteiger charge is 2.52. The van der Waals surface area contributed by atoms with E-state index in [4.69, 9.17) is 21.1 Å². The van der Waals surface area contributed by atoms with E-state index in [9.17, 15) is 14.7 Å². The molecule has 0 saturated heterocycles.